The minimum Gasteiger partial charge on any atom is -0.494 e. The van der Waals surface area contributed by atoms with Crippen LogP contribution in [0.25, 0.3) is 0 Å². The zero-order chi connectivity index (χ0) is 13.8. The van der Waals surface area contributed by atoms with Crippen LogP contribution in [0.4, 0.5) is 0 Å². The first kappa shape index (κ1) is 13.9. The number of ether oxygens (including phenoxy) is 1. The lowest BCUT2D eigenvalue weighted by molar-refractivity contribution is 0.0762. The van der Waals surface area contributed by atoms with Crippen molar-refractivity contribution in [1.29, 1.82) is 0 Å². The second kappa shape index (κ2) is 6.06. The summed E-state index contributed by atoms with van der Waals surface area (Å²) in [7, 11) is 0. The third-order valence-corrected chi connectivity index (χ3v) is 3.61. The molecule has 2 unspecified atom stereocenters. The first-order chi connectivity index (χ1) is 9.11. The van der Waals surface area contributed by atoms with Crippen LogP contribution < -0.4 is 4.74 Å². The van der Waals surface area contributed by atoms with E-state index in [0.29, 0.717) is 18.7 Å². The van der Waals surface area contributed by atoms with Crippen molar-refractivity contribution in [2.45, 2.75) is 26.4 Å². The summed E-state index contributed by atoms with van der Waals surface area (Å²) >= 11 is 0. The minimum atomic E-state index is -0.349. The molecule has 4 nitrogen and oxygen atoms in total. The molecule has 0 aliphatic carbocycles. The van der Waals surface area contributed by atoms with Gasteiger partial charge in [0.15, 0.2) is 0 Å². The summed E-state index contributed by atoms with van der Waals surface area (Å²) < 4.78 is 5.36. The van der Waals surface area contributed by atoms with Crippen LogP contribution in [0.15, 0.2) is 24.3 Å². The van der Waals surface area contributed by atoms with E-state index in [-0.39, 0.29) is 17.9 Å². The van der Waals surface area contributed by atoms with Crippen LogP contribution in [0.2, 0.25) is 0 Å². The zero-order valence-corrected chi connectivity index (χ0v) is 11.5. The summed E-state index contributed by atoms with van der Waals surface area (Å²) in [6.45, 7) is 5.70. The number of likely N-dealkylation sites (tertiary alicyclic amines) is 1. The molecular formula is C15H21NO3. The van der Waals surface area contributed by atoms with Crippen molar-refractivity contribution in [3.63, 3.8) is 0 Å². The van der Waals surface area contributed by atoms with Crippen LogP contribution in [-0.2, 0) is 0 Å². The van der Waals surface area contributed by atoms with Gasteiger partial charge in [0.05, 0.1) is 12.7 Å². The Morgan fingerprint density at radius 2 is 2.16 bits per heavy atom. The van der Waals surface area contributed by atoms with Crippen molar-refractivity contribution >= 4 is 5.91 Å². The normalized spacial score (nSPS) is 20.4. The topological polar surface area (TPSA) is 49.8 Å². The molecule has 4 heteroatoms. The number of hydrogen-bond acceptors (Lipinski definition) is 3. The Morgan fingerprint density at radius 1 is 1.47 bits per heavy atom. The maximum Gasteiger partial charge on any atom is 0.253 e. The molecule has 0 aromatic heterocycles. The fourth-order valence-electron chi connectivity index (χ4n) is 2.41. The molecule has 104 valence electrons. The largest absolute Gasteiger partial charge is 0.494 e. The predicted molar refractivity (Wildman–Crippen MR) is 73.3 cm³/mol. The second-order valence-corrected chi connectivity index (χ2v) is 5.00. The standard InChI is InChI=1S/C15H21NO3/c1-3-19-14-6-4-12(5-7-14)15(18)16-9-8-13(10-16)11(2)17/h4-7,11,13,17H,3,8-10H2,1-2H3. The Kier molecular flexibility index (Phi) is 4.43. The highest BCUT2D eigenvalue weighted by molar-refractivity contribution is 5.94. The third kappa shape index (κ3) is 3.26. The van der Waals surface area contributed by atoms with Crippen molar-refractivity contribution in [3.8, 4) is 5.75 Å². The van der Waals surface area contributed by atoms with E-state index in [0.717, 1.165) is 18.7 Å². The molecule has 0 spiro atoms. The smallest absolute Gasteiger partial charge is 0.253 e. The summed E-state index contributed by atoms with van der Waals surface area (Å²) in [6, 6.07) is 7.23. The number of carbonyl (C=O) groups excluding carboxylic acids is 1. The SMILES string of the molecule is CCOc1ccc(C(=O)N2CCC(C(C)O)C2)cc1. The molecule has 1 N–H and O–H groups in total. The fourth-order valence-corrected chi connectivity index (χ4v) is 2.41. The molecule has 0 radical (unpaired) electrons. The number of amides is 1. The van der Waals surface area contributed by atoms with Crippen molar-refractivity contribution in [2.24, 2.45) is 5.92 Å². The fraction of sp³-hybridized carbons (Fsp3) is 0.533. The summed E-state index contributed by atoms with van der Waals surface area (Å²) in [4.78, 5) is 14.1. The second-order valence-electron chi connectivity index (χ2n) is 5.00. The van der Waals surface area contributed by atoms with Gasteiger partial charge in [0.1, 0.15) is 5.75 Å². The number of aliphatic hydroxyl groups is 1. The maximum atomic E-state index is 12.3. The lowest BCUT2D eigenvalue weighted by Crippen LogP contribution is -2.30. The van der Waals surface area contributed by atoms with Crippen LogP contribution in [0.1, 0.15) is 30.6 Å². The number of hydrogen-bond donors (Lipinski definition) is 1. The van der Waals surface area contributed by atoms with E-state index in [2.05, 4.69) is 0 Å². The summed E-state index contributed by atoms with van der Waals surface area (Å²) in [5.74, 6) is 1.01. The van der Waals surface area contributed by atoms with Gasteiger partial charge in [-0.3, -0.25) is 4.79 Å². The minimum absolute atomic E-state index is 0.0335. The average molecular weight is 263 g/mol. The van der Waals surface area contributed by atoms with Crippen LogP contribution in [0.5, 0.6) is 5.75 Å². The molecule has 2 atom stereocenters. The molecule has 0 saturated carbocycles. The monoisotopic (exact) mass is 263 g/mol. The van der Waals surface area contributed by atoms with Gasteiger partial charge >= 0.3 is 0 Å². The van der Waals surface area contributed by atoms with Crippen molar-refractivity contribution in [1.82, 2.24) is 4.90 Å². The molecule has 1 aliphatic heterocycles. The van der Waals surface area contributed by atoms with E-state index in [1.54, 1.807) is 19.1 Å². The lowest BCUT2D eigenvalue weighted by atomic mass is 10.0. The summed E-state index contributed by atoms with van der Waals surface area (Å²) in [6.07, 6.45) is 0.526. The molecule has 1 fully saturated rings. The van der Waals surface area contributed by atoms with Gasteiger partial charge in [-0.15, -0.1) is 0 Å². The van der Waals surface area contributed by atoms with Gasteiger partial charge in [-0.2, -0.15) is 0 Å². The number of carbonyl (C=O) groups is 1. The van der Waals surface area contributed by atoms with E-state index in [9.17, 15) is 9.90 Å². The van der Waals surface area contributed by atoms with Crippen molar-refractivity contribution < 1.29 is 14.6 Å². The first-order valence-corrected chi connectivity index (χ1v) is 6.82. The Balaban J connectivity index is 2.00. The highest BCUT2D eigenvalue weighted by Crippen LogP contribution is 2.22. The molecule has 1 saturated heterocycles. The Bertz CT molecular complexity index is 428. The first-order valence-electron chi connectivity index (χ1n) is 6.82. The van der Waals surface area contributed by atoms with E-state index in [1.165, 1.54) is 0 Å². The predicted octanol–water partition coefficient (Wildman–Crippen LogP) is 1.93. The van der Waals surface area contributed by atoms with Crippen LogP contribution >= 0.6 is 0 Å². The summed E-state index contributed by atoms with van der Waals surface area (Å²) in [5, 5.41) is 9.56. The van der Waals surface area contributed by atoms with Crippen LogP contribution in [-0.4, -0.2) is 41.7 Å². The van der Waals surface area contributed by atoms with Gasteiger partial charge in [-0.1, -0.05) is 0 Å². The van der Waals surface area contributed by atoms with Gasteiger partial charge in [0.2, 0.25) is 0 Å². The van der Waals surface area contributed by atoms with E-state index in [1.807, 2.05) is 24.0 Å². The van der Waals surface area contributed by atoms with E-state index >= 15 is 0 Å². The molecule has 2 rings (SSSR count). The number of nitrogens with zero attached hydrogens (tertiary/aromatic N) is 1. The maximum absolute atomic E-state index is 12.3. The third-order valence-electron chi connectivity index (χ3n) is 3.61. The Hall–Kier alpha value is -1.55. The van der Waals surface area contributed by atoms with Gasteiger partial charge in [0.25, 0.3) is 5.91 Å². The average Bonchev–Trinajstić information content (AvgIpc) is 2.89. The Morgan fingerprint density at radius 3 is 2.68 bits per heavy atom. The van der Waals surface area contributed by atoms with Crippen molar-refractivity contribution in [3.05, 3.63) is 29.8 Å². The number of aliphatic hydroxyl groups excluding tert-OH is 1. The van der Waals surface area contributed by atoms with Gasteiger partial charge in [-0.25, -0.2) is 0 Å². The molecule has 1 aromatic carbocycles. The van der Waals surface area contributed by atoms with Crippen LogP contribution in [0, 0.1) is 5.92 Å². The molecule has 19 heavy (non-hydrogen) atoms. The number of benzene rings is 1. The molecule has 1 heterocycles. The van der Waals surface area contributed by atoms with Gasteiger partial charge in [0, 0.05) is 24.6 Å². The molecule has 1 amide bonds. The molecule has 1 aromatic rings. The summed E-state index contributed by atoms with van der Waals surface area (Å²) in [5.41, 5.74) is 0.676. The van der Waals surface area contributed by atoms with E-state index in [4.69, 9.17) is 4.74 Å². The van der Waals surface area contributed by atoms with Crippen LogP contribution in [0.3, 0.4) is 0 Å². The lowest BCUT2D eigenvalue weighted by Gasteiger charge is -2.18. The molecular weight excluding hydrogens is 242 g/mol. The van der Waals surface area contributed by atoms with E-state index < -0.39 is 0 Å². The molecule has 1 aliphatic rings. The van der Waals surface area contributed by atoms with Crippen molar-refractivity contribution in [2.75, 3.05) is 19.7 Å². The van der Waals surface area contributed by atoms with Gasteiger partial charge < -0.3 is 14.7 Å². The quantitative estimate of drug-likeness (QED) is 0.903. The number of rotatable bonds is 4. The Labute approximate surface area is 114 Å². The highest BCUT2D eigenvalue weighted by atomic mass is 16.5. The van der Waals surface area contributed by atoms with Gasteiger partial charge in [-0.05, 0) is 44.5 Å². The molecule has 0 bridgehead atoms. The zero-order valence-electron chi connectivity index (χ0n) is 11.5. The highest BCUT2D eigenvalue weighted by Gasteiger charge is 2.29.